The number of hydrogen-bond acceptors (Lipinski definition) is 9. The van der Waals surface area contributed by atoms with E-state index in [1.807, 2.05) is 115 Å². The smallest absolute Gasteiger partial charge is 0.302 e. The highest BCUT2D eigenvalue weighted by atomic mass is 79.9. The highest BCUT2D eigenvalue weighted by Gasteiger charge is 2.51. The molecule has 0 saturated carbocycles. The molecule has 1 saturated heterocycles. The molecule has 1 fully saturated rings. The Morgan fingerprint density at radius 1 is 0.855 bits per heavy atom. The summed E-state index contributed by atoms with van der Waals surface area (Å²) in [5, 5.41) is 21.2. The molecule has 0 bridgehead atoms. The first-order chi connectivity index (χ1) is 26.5. The minimum absolute atomic E-state index is 0.0380. The largest absolute Gasteiger partial charge is 0.461 e. The number of nitrogens with zero attached hydrogens (tertiary/aromatic N) is 2. The molecule has 5 aromatic rings. The van der Waals surface area contributed by atoms with E-state index in [0.717, 1.165) is 38.9 Å². The first-order valence-corrected chi connectivity index (χ1v) is 20.1. The number of ether oxygens (including phenoxy) is 2. The van der Waals surface area contributed by atoms with Gasteiger partial charge in [0.05, 0.1) is 16.4 Å². The van der Waals surface area contributed by atoms with E-state index >= 15 is 0 Å². The zero-order valence-corrected chi connectivity index (χ0v) is 32.5. The first kappa shape index (κ1) is 39.9. The van der Waals surface area contributed by atoms with E-state index in [1.54, 1.807) is 0 Å². The maximum atomic E-state index is 13.6. The molecule has 1 heterocycles. The van der Waals surface area contributed by atoms with E-state index in [0.29, 0.717) is 0 Å². The number of aliphatic hydroxyl groups excluding tert-OH is 1. The Bertz CT molecular complexity index is 2050. The second kappa shape index (κ2) is 17.8. The van der Waals surface area contributed by atoms with Gasteiger partial charge >= 0.3 is 5.97 Å². The number of aliphatic hydroxyl groups is 1. The molecule has 6 rings (SSSR count). The Balaban J connectivity index is 1.41. The fraction of sp³-hybridized carbons (Fsp3) is 0.262. The van der Waals surface area contributed by atoms with Crippen LogP contribution in [-0.4, -0.2) is 73.8 Å². The molecular formula is C42H42BrN3O8S. The highest BCUT2D eigenvalue weighted by Crippen LogP contribution is 2.45. The van der Waals surface area contributed by atoms with Gasteiger partial charge in [-0.15, -0.1) is 0 Å². The Labute approximate surface area is 329 Å². The number of nitro groups is 1. The molecule has 4 atom stereocenters. The zero-order chi connectivity index (χ0) is 39.0. The molecular weight excluding hydrogens is 786 g/mol. The maximum absolute atomic E-state index is 13.6. The van der Waals surface area contributed by atoms with Crippen LogP contribution in [-0.2, 0) is 29.9 Å². The summed E-state index contributed by atoms with van der Waals surface area (Å²) >= 11 is 3.54. The number of benzene rings is 5. The number of sulfonamides is 1. The number of esters is 1. The van der Waals surface area contributed by atoms with Gasteiger partial charge in [-0.25, -0.2) is 13.1 Å². The lowest BCUT2D eigenvalue weighted by atomic mass is 9.74. The molecule has 13 heteroatoms. The standard InChI is InChI=1S/C42H42BrN3O8S/c1-30(48)54-37(25-26-47)28-45-39(27-44-55(51,52)38-23-21-36(22-24-38)46(49)50)41(31-17-19-35(43)20-18-31)40(45)29-53-42(32-11-5-2-6-12-32,33-13-7-3-8-14-33)34-15-9-4-10-16-34/h2-24,37,39-41,44,47H,25-29H2,1H3/t37-,39-,40+,41+/m0/s1. The number of carbonyl (C=O) groups is 1. The Kier molecular flexibility index (Phi) is 12.9. The summed E-state index contributed by atoms with van der Waals surface area (Å²) < 4.78 is 43.8. The monoisotopic (exact) mass is 827 g/mol. The molecule has 0 unspecified atom stereocenters. The lowest BCUT2D eigenvalue weighted by molar-refractivity contribution is -0.384. The summed E-state index contributed by atoms with van der Waals surface area (Å²) in [6.07, 6.45) is -0.512. The lowest BCUT2D eigenvalue weighted by Gasteiger charge is -2.57. The van der Waals surface area contributed by atoms with Crippen molar-refractivity contribution in [2.45, 2.75) is 47.9 Å². The van der Waals surface area contributed by atoms with Crippen LogP contribution in [0, 0.1) is 10.1 Å². The Morgan fingerprint density at radius 3 is 1.85 bits per heavy atom. The maximum Gasteiger partial charge on any atom is 0.302 e. The highest BCUT2D eigenvalue weighted by molar-refractivity contribution is 9.10. The third-order valence-corrected chi connectivity index (χ3v) is 12.0. The predicted molar refractivity (Wildman–Crippen MR) is 212 cm³/mol. The average molecular weight is 829 g/mol. The summed E-state index contributed by atoms with van der Waals surface area (Å²) in [5.41, 5.74) is 2.45. The summed E-state index contributed by atoms with van der Waals surface area (Å²) in [7, 11) is -4.09. The van der Waals surface area contributed by atoms with E-state index in [9.17, 15) is 28.4 Å². The van der Waals surface area contributed by atoms with Crippen LogP contribution in [0.5, 0.6) is 0 Å². The minimum Gasteiger partial charge on any atom is -0.461 e. The average Bonchev–Trinajstić information content (AvgIpc) is 3.19. The van der Waals surface area contributed by atoms with Crippen molar-refractivity contribution in [1.82, 2.24) is 9.62 Å². The van der Waals surface area contributed by atoms with Crippen molar-refractivity contribution in [2.75, 3.05) is 26.3 Å². The number of likely N-dealkylation sites (tertiary alicyclic amines) is 1. The normalized spacial score (nSPS) is 17.9. The van der Waals surface area contributed by atoms with Crippen molar-refractivity contribution in [3.63, 3.8) is 0 Å². The molecule has 1 aliphatic rings. The van der Waals surface area contributed by atoms with E-state index in [-0.39, 0.29) is 55.3 Å². The van der Waals surface area contributed by atoms with Gasteiger partial charge in [0.25, 0.3) is 5.69 Å². The van der Waals surface area contributed by atoms with E-state index in [1.165, 1.54) is 19.1 Å². The second-order valence-electron chi connectivity index (χ2n) is 13.3. The zero-order valence-electron chi connectivity index (χ0n) is 30.1. The molecule has 0 aliphatic carbocycles. The van der Waals surface area contributed by atoms with E-state index < -0.39 is 38.7 Å². The van der Waals surface area contributed by atoms with Gasteiger partial charge in [0.2, 0.25) is 10.0 Å². The Morgan fingerprint density at radius 2 is 1.38 bits per heavy atom. The number of halogens is 1. The predicted octanol–water partition coefficient (Wildman–Crippen LogP) is 6.80. The summed E-state index contributed by atoms with van der Waals surface area (Å²) in [4.78, 5) is 24.8. The summed E-state index contributed by atoms with van der Waals surface area (Å²) in [5.74, 6) is -0.761. The SMILES string of the molecule is CC(=O)O[C@@H](CCO)CN1[C@H](COC(c2ccccc2)(c2ccccc2)c2ccccc2)[C@H](c2ccc(Br)cc2)[C@@H]1CNS(=O)(=O)c1ccc([N+](=O)[O-])cc1. The van der Waals surface area contributed by atoms with Gasteiger partial charge in [0, 0.05) is 67.6 Å². The fourth-order valence-corrected chi connectivity index (χ4v) is 8.78. The third-order valence-electron chi connectivity index (χ3n) is 9.99. The Hall–Kier alpha value is -4.76. The van der Waals surface area contributed by atoms with Crippen LogP contribution in [0.2, 0.25) is 0 Å². The molecule has 0 aromatic heterocycles. The molecule has 1 aliphatic heterocycles. The van der Waals surface area contributed by atoms with Gasteiger partial charge in [0.1, 0.15) is 11.7 Å². The molecule has 0 radical (unpaired) electrons. The number of nitrogens with one attached hydrogen (secondary N) is 1. The molecule has 5 aromatic carbocycles. The third kappa shape index (κ3) is 9.04. The van der Waals surface area contributed by atoms with Gasteiger partial charge in [-0.05, 0) is 46.5 Å². The van der Waals surface area contributed by atoms with E-state index in [2.05, 4.69) is 25.6 Å². The first-order valence-electron chi connectivity index (χ1n) is 17.9. The number of nitro benzene ring substituents is 1. The number of hydrogen-bond donors (Lipinski definition) is 2. The molecule has 11 nitrogen and oxygen atoms in total. The molecule has 0 spiro atoms. The van der Waals surface area contributed by atoms with Crippen molar-refractivity contribution in [2.24, 2.45) is 0 Å². The van der Waals surface area contributed by atoms with Crippen LogP contribution < -0.4 is 4.72 Å². The van der Waals surface area contributed by atoms with Gasteiger partial charge < -0.3 is 14.6 Å². The molecule has 55 heavy (non-hydrogen) atoms. The number of carbonyl (C=O) groups excluding carboxylic acids is 1. The fourth-order valence-electron chi connectivity index (χ4n) is 7.46. The molecule has 286 valence electrons. The van der Waals surface area contributed by atoms with Crippen molar-refractivity contribution >= 4 is 37.6 Å². The number of non-ortho nitro benzene ring substituents is 1. The minimum atomic E-state index is -4.09. The van der Waals surface area contributed by atoms with Crippen LogP contribution in [0.3, 0.4) is 0 Å². The quantitative estimate of drug-likeness (QED) is 0.0447. The number of rotatable bonds is 17. The second-order valence-corrected chi connectivity index (χ2v) is 16.0. The van der Waals surface area contributed by atoms with Gasteiger partial charge in [-0.3, -0.25) is 19.8 Å². The van der Waals surface area contributed by atoms with Crippen LogP contribution in [0.15, 0.2) is 149 Å². The van der Waals surface area contributed by atoms with Crippen LogP contribution in [0.4, 0.5) is 5.69 Å². The van der Waals surface area contributed by atoms with Crippen LogP contribution in [0.1, 0.15) is 41.5 Å². The van der Waals surface area contributed by atoms with Gasteiger partial charge in [-0.2, -0.15) is 0 Å². The van der Waals surface area contributed by atoms with Crippen LogP contribution in [0.25, 0.3) is 0 Å². The van der Waals surface area contributed by atoms with Gasteiger partial charge in [-0.1, -0.05) is 119 Å². The van der Waals surface area contributed by atoms with Crippen LogP contribution >= 0.6 is 15.9 Å². The topological polar surface area (TPSA) is 148 Å². The summed E-state index contributed by atoms with van der Waals surface area (Å²) in [6, 6.07) is 41.8. The van der Waals surface area contributed by atoms with Crippen molar-refractivity contribution in [3.8, 4) is 0 Å². The molecule has 2 N–H and O–H groups in total. The van der Waals surface area contributed by atoms with Gasteiger partial charge in [0.15, 0.2) is 0 Å². The van der Waals surface area contributed by atoms with Crippen molar-refractivity contribution in [3.05, 3.63) is 176 Å². The lowest BCUT2D eigenvalue weighted by Crippen LogP contribution is -2.68. The van der Waals surface area contributed by atoms with E-state index in [4.69, 9.17) is 9.47 Å². The summed E-state index contributed by atoms with van der Waals surface area (Å²) in [6.45, 7) is 1.43. The van der Waals surface area contributed by atoms with Crippen molar-refractivity contribution < 1.29 is 32.7 Å². The molecule has 0 amide bonds. The van der Waals surface area contributed by atoms with Crippen molar-refractivity contribution in [1.29, 1.82) is 0 Å².